The highest BCUT2D eigenvalue weighted by atomic mass is 19.1. The second-order valence-electron chi connectivity index (χ2n) is 5.06. The summed E-state index contributed by atoms with van der Waals surface area (Å²) in [7, 11) is 0. The van der Waals surface area contributed by atoms with Gasteiger partial charge in [-0.15, -0.1) is 0 Å². The molecular weight excluding hydrogens is 265 g/mol. The summed E-state index contributed by atoms with van der Waals surface area (Å²) in [6, 6.07) is 3.43. The molecule has 0 heterocycles. The lowest BCUT2D eigenvalue weighted by molar-refractivity contribution is -0.384. The Balaban J connectivity index is 2.25. The van der Waals surface area contributed by atoms with Crippen LogP contribution < -0.4 is 11.1 Å². The van der Waals surface area contributed by atoms with Crippen LogP contribution in [0.4, 0.5) is 15.8 Å². The number of halogens is 1. The van der Waals surface area contributed by atoms with Crippen molar-refractivity contribution < 1.29 is 14.1 Å². The number of nitrogens with zero attached hydrogens (tertiary/aromatic N) is 1. The lowest BCUT2D eigenvalue weighted by atomic mass is 9.82. The van der Waals surface area contributed by atoms with Gasteiger partial charge in [0, 0.05) is 6.07 Å². The molecule has 1 fully saturated rings. The molecule has 0 spiro atoms. The van der Waals surface area contributed by atoms with Gasteiger partial charge in [-0.2, -0.15) is 0 Å². The fourth-order valence-electron chi connectivity index (χ4n) is 2.44. The van der Waals surface area contributed by atoms with E-state index in [1.807, 2.05) is 0 Å². The van der Waals surface area contributed by atoms with Crippen LogP contribution in [0.3, 0.4) is 0 Å². The molecule has 0 atom stereocenters. The standard InChI is InChI=1S/C13H16FN3O3/c14-9-5-4-6-10(17(19)20)11(9)16-12(18)13(15)7-2-1-3-8-13/h4-6H,1-3,7-8,15H2,(H,16,18). The zero-order valence-corrected chi connectivity index (χ0v) is 10.9. The van der Waals surface area contributed by atoms with Crippen molar-refractivity contribution in [3.63, 3.8) is 0 Å². The van der Waals surface area contributed by atoms with Crippen LogP contribution in [0.15, 0.2) is 18.2 Å². The predicted molar refractivity (Wildman–Crippen MR) is 71.7 cm³/mol. The van der Waals surface area contributed by atoms with E-state index in [1.165, 1.54) is 6.07 Å². The molecule has 0 radical (unpaired) electrons. The van der Waals surface area contributed by atoms with E-state index < -0.39 is 33.6 Å². The molecule has 0 aromatic heterocycles. The lowest BCUT2D eigenvalue weighted by Crippen LogP contribution is -2.52. The van der Waals surface area contributed by atoms with Crippen LogP contribution in [0.2, 0.25) is 0 Å². The predicted octanol–water partition coefficient (Wildman–Crippen LogP) is 2.33. The summed E-state index contributed by atoms with van der Waals surface area (Å²) < 4.78 is 13.7. The Labute approximate surface area is 115 Å². The van der Waals surface area contributed by atoms with E-state index in [4.69, 9.17) is 5.73 Å². The van der Waals surface area contributed by atoms with Crippen LogP contribution in [-0.4, -0.2) is 16.4 Å². The first-order valence-corrected chi connectivity index (χ1v) is 6.47. The Bertz CT molecular complexity index is 542. The summed E-state index contributed by atoms with van der Waals surface area (Å²) in [4.78, 5) is 22.3. The number of hydrogen-bond acceptors (Lipinski definition) is 4. The van der Waals surface area contributed by atoms with Crippen molar-refractivity contribution in [1.82, 2.24) is 0 Å². The highest BCUT2D eigenvalue weighted by Crippen LogP contribution is 2.31. The zero-order chi connectivity index (χ0) is 14.8. The average Bonchev–Trinajstić information content (AvgIpc) is 2.41. The van der Waals surface area contributed by atoms with Crippen molar-refractivity contribution in [2.75, 3.05) is 5.32 Å². The van der Waals surface area contributed by atoms with Crippen LogP contribution in [0, 0.1) is 15.9 Å². The maximum absolute atomic E-state index is 13.7. The van der Waals surface area contributed by atoms with Crippen molar-refractivity contribution in [2.45, 2.75) is 37.6 Å². The van der Waals surface area contributed by atoms with Crippen molar-refractivity contribution in [3.8, 4) is 0 Å². The van der Waals surface area contributed by atoms with E-state index in [9.17, 15) is 19.3 Å². The van der Waals surface area contributed by atoms with Gasteiger partial charge in [0.1, 0.15) is 0 Å². The summed E-state index contributed by atoms with van der Waals surface area (Å²) >= 11 is 0. The number of carbonyl (C=O) groups excluding carboxylic acids is 1. The second-order valence-corrected chi connectivity index (χ2v) is 5.06. The van der Waals surface area contributed by atoms with Crippen LogP contribution in [0.1, 0.15) is 32.1 Å². The third-order valence-corrected chi connectivity index (χ3v) is 3.62. The molecule has 0 aliphatic heterocycles. The van der Waals surface area contributed by atoms with Gasteiger partial charge in [-0.25, -0.2) is 4.39 Å². The number of rotatable bonds is 3. The molecule has 0 unspecified atom stereocenters. The number of carbonyl (C=O) groups is 1. The monoisotopic (exact) mass is 281 g/mol. The Kier molecular flexibility index (Phi) is 3.99. The van der Waals surface area contributed by atoms with Gasteiger partial charge in [0.2, 0.25) is 5.91 Å². The molecular formula is C13H16FN3O3. The number of nitro benzene ring substituents is 1. The first kappa shape index (κ1) is 14.4. The fourth-order valence-corrected chi connectivity index (χ4v) is 2.44. The number of amides is 1. The molecule has 1 aliphatic rings. The molecule has 1 amide bonds. The molecule has 6 nitrogen and oxygen atoms in total. The van der Waals surface area contributed by atoms with E-state index >= 15 is 0 Å². The second kappa shape index (κ2) is 5.54. The summed E-state index contributed by atoms with van der Waals surface area (Å²) in [6.45, 7) is 0. The van der Waals surface area contributed by atoms with E-state index in [0.717, 1.165) is 31.4 Å². The molecule has 1 saturated carbocycles. The number of nitro groups is 1. The Morgan fingerprint density at radius 3 is 2.60 bits per heavy atom. The number of hydrogen-bond donors (Lipinski definition) is 2. The van der Waals surface area contributed by atoms with Gasteiger partial charge in [0.05, 0.1) is 10.5 Å². The molecule has 7 heteroatoms. The van der Waals surface area contributed by atoms with Gasteiger partial charge in [0.15, 0.2) is 11.5 Å². The maximum atomic E-state index is 13.7. The minimum atomic E-state index is -1.07. The Morgan fingerprint density at radius 1 is 1.35 bits per heavy atom. The average molecular weight is 281 g/mol. The van der Waals surface area contributed by atoms with Gasteiger partial charge in [-0.05, 0) is 18.9 Å². The fraction of sp³-hybridized carbons (Fsp3) is 0.462. The van der Waals surface area contributed by atoms with E-state index in [2.05, 4.69) is 5.32 Å². The summed E-state index contributed by atoms with van der Waals surface area (Å²) in [5.74, 6) is -1.41. The van der Waals surface area contributed by atoms with Gasteiger partial charge in [0.25, 0.3) is 5.69 Å². The van der Waals surface area contributed by atoms with Gasteiger partial charge in [-0.3, -0.25) is 14.9 Å². The van der Waals surface area contributed by atoms with E-state index in [-0.39, 0.29) is 0 Å². The first-order valence-electron chi connectivity index (χ1n) is 6.47. The van der Waals surface area contributed by atoms with Gasteiger partial charge < -0.3 is 11.1 Å². The minimum Gasteiger partial charge on any atom is -0.317 e. The van der Waals surface area contributed by atoms with Crippen LogP contribution in [0.5, 0.6) is 0 Å². The number of benzene rings is 1. The molecule has 1 aliphatic carbocycles. The maximum Gasteiger partial charge on any atom is 0.295 e. The van der Waals surface area contributed by atoms with Gasteiger partial charge >= 0.3 is 0 Å². The summed E-state index contributed by atoms with van der Waals surface area (Å²) in [5, 5.41) is 13.2. The molecule has 1 aromatic rings. The largest absolute Gasteiger partial charge is 0.317 e. The van der Waals surface area contributed by atoms with Crippen molar-refractivity contribution >= 4 is 17.3 Å². The zero-order valence-electron chi connectivity index (χ0n) is 10.9. The highest BCUT2D eigenvalue weighted by Gasteiger charge is 2.36. The number of anilines is 1. The third kappa shape index (κ3) is 2.77. The molecule has 108 valence electrons. The quantitative estimate of drug-likeness (QED) is 0.656. The molecule has 3 N–H and O–H groups in total. The topological polar surface area (TPSA) is 98.3 Å². The van der Waals surface area contributed by atoms with Crippen molar-refractivity contribution in [3.05, 3.63) is 34.1 Å². The smallest absolute Gasteiger partial charge is 0.295 e. The minimum absolute atomic E-state index is 0.419. The summed E-state index contributed by atoms with van der Waals surface area (Å²) in [5.41, 5.74) is 4.05. The van der Waals surface area contributed by atoms with Crippen LogP contribution in [0.25, 0.3) is 0 Å². The Morgan fingerprint density at radius 2 is 2.00 bits per heavy atom. The third-order valence-electron chi connectivity index (χ3n) is 3.62. The number of nitrogens with two attached hydrogens (primary N) is 1. The lowest BCUT2D eigenvalue weighted by Gasteiger charge is -2.31. The molecule has 0 saturated heterocycles. The first-order chi connectivity index (χ1) is 9.44. The van der Waals surface area contributed by atoms with Crippen LogP contribution >= 0.6 is 0 Å². The number of para-hydroxylation sites is 1. The van der Waals surface area contributed by atoms with E-state index in [0.29, 0.717) is 12.8 Å². The summed E-state index contributed by atoms with van der Waals surface area (Å²) in [6.07, 6.45) is 3.65. The van der Waals surface area contributed by atoms with Gasteiger partial charge in [-0.1, -0.05) is 25.3 Å². The molecule has 0 bridgehead atoms. The molecule has 20 heavy (non-hydrogen) atoms. The Hall–Kier alpha value is -2.02. The van der Waals surface area contributed by atoms with Crippen molar-refractivity contribution in [2.24, 2.45) is 5.73 Å². The highest BCUT2D eigenvalue weighted by molar-refractivity contribution is 5.99. The molecule has 2 rings (SSSR count). The van der Waals surface area contributed by atoms with E-state index in [1.54, 1.807) is 0 Å². The number of nitrogens with one attached hydrogen (secondary N) is 1. The SMILES string of the molecule is NC1(C(=O)Nc2c(F)cccc2[N+](=O)[O-])CCCCC1. The van der Waals surface area contributed by atoms with Crippen LogP contribution in [-0.2, 0) is 4.79 Å². The van der Waals surface area contributed by atoms with Crippen molar-refractivity contribution in [1.29, 1.82) is 0 Å². The normalized spacial score (nSPS) is 17.5. The molecule has 1 aromatic carbocycles.